The molecular weight excluding hydrogens is 200 g/mol. The summed E-state index contributed by atoms with van der Waals surface area (Å²) in [6.07, 6.45) is 2.08. The lowest BCUT2D eigenvalue weighted by atomic mass is 10.3. The normalized spacial score (nSPS) is 21.3. The number of hydrogen-bond donors (Lipinski definition) is 0. The van der Waals surface area contributed by atoms with Crippen LogP contribution in [0.3, 0.4) is 0 Å². The highest BCUT2D eigenvalue weighted by Gasteiger charge is 2.64. The smallest absolute Gasteiger partial charge is 0.393 e. The second-order valence-corrected chi connectivity index (χ2v) is 2.87. The van der Waals surface area contributed by atoms with Crippen LogP contribution >= 0.6 is 0 Å². The van der Waals surface area contributed by atoms with E-state index < -0.39 is 24.0 Å². The first-order valence-electron chi connectivity index (χ1n) is 4.46. The molecule has 0 amide bonds. The van der Waals surface area contributed by atoms with E-state index in [1.807, 2.05) is 6.92 Å². The molecule has 1 atom stereocenters. The summed E-state index contributed by atoms with van der Waals surface area (Å²) in [6.45, 7) is 8.28. The second-order valence-electron chi connectivity index (χ2n) is 2.87. The molecule has 0 aromatic carbocycles. The summed E-state index contributed by atoms with van der Waals surface area (Å²) in [6, 6.07) is 0. The van der Waals surface area contributed by atoms with Gasteiger partial charge >= 0.3 is 17.9 Å². The Morgan fingerprint density at radius 1 is 1.33 bits per heavy atom. The Labute approximate surface area is 87.3 Å². The first-order chi connectivity index (χ1) is 7.07. The number of epoxide rings is 1. The van der Waals surface area contributed by atoms with Gasteiger partial charge in [0.2, 0.25) is 0 Å². The van der Waals surface area contributed by atoms with Gasteiger partial charge in [0.1, 0.15) is 0 Å². The molecule has 5 heteroatoms. The van der Waals surface area contributed by atoms with E-state index >= 15 is 0 Å². The van der Waals surface area contributed by atoms with Gasteiger partial charge in [0.25, 0.3) is 0 Å². The molecule has 0 aromatic rings. The summed E-state index contributed by atoms with van der Waals surface area (Å²) in [4.78, 5) is 21.9. The van der Waals surface area contributed by atoms with Crippen molar-refractivity contribution in [3.05, 3.63) is 25.3 Å². The summed E-state index contributed by atoms with van der Waals surface area (Å²) in [5.41, 5.74) is 0. The standard InChI is InChI=1S/C10H12O5/c1-4-7-10(13-7,14-8(11)5-2)15-9(12)6-3/h5-7H,2-4H2,1H3. The van der Waals surface area contributed by atoms with Gasteiger partial charge in [-0.15, -0.1) is 0 Å². The van der Waals surface area contributed by atoms with E-state index in [1.54, 1.807) is 0 Å². The molecule has 0 aliphatic carbocycles. The first-order valence-corrected chi connectivity index (χ1v) is 4.46. The van der Waals surface area contributed by atoms with Crippen LogP contribution in [0.15, 0.2) is 25.3 Å². The van der Waals surface area contributed by atoms with Crippen LogP contribution in [0.5, 0.6) is 0 Å². The molecule has 0 bridgehead atoms. The van der Waals surface area contributed by atoms with Gasteiger partial charge in [-0.3, -0.25) is 4.74 Å². The molecule has 0 saturated carbocycles. The topological polar surface area (TPSA) is 65.1 Å². The zero-order chi connectivity index (χ0) is 11.5. The number of carbonyl (C=O) groups is 2. The Bertz CT molecular complexity index is 285. The van der Waals surface area contributed by atoms with Crippen LogP contribution in [0.25, 0.3) is 0 Å². The van der Waals surface area contributed by atoms with Gasteiger partial charge in [0.15, 0.2) is 6.10 Å². The first kappa shape index (κ1) is 11.5. The van der Waals surface area contributed by atoms with Crippen LogP contribution < -0.4 is 0 Å². The molecule has 1 heterocycles. The number of esters is 2. The van der Waals surface area contributed by atoms with E-state index in [0.717, 1.165) is 12.2 Å². The Kier molecular flexibility index (Phi) is 3.26. The van der Waals surface area contributed by atoms with Gasteiger partial charge < -0.3 is 9.47 Å². The van der Waals surface area contributed by atoms with Crippen molar-refractivity contribution in [3.63, 3.8) is 0 Å². The van der Waals surface area contributed by atoms with Gasteiger partial charge in [-0.2, -0.15) is 0 Å². The maximum atomic E-state index is 11.0. The van der Waals surface area contributed by atoms with Crippen molar-refractivity contribution < 1.29 is 23.8 Å². The number of rotatable bonds is 5. The SMILES string of the molecule is C=CC(=O)OC1(OC(=O)C=C)OC1CC. The van der Waals surface area contributed by atoms with E-state index in [1.165, 1.54) is 0 Å². The number of ether oxygens (including phenoxy) is 3. The summed E-state index contributed by atoms with van der Waals surface area (Å²) >= 11 is 0. The lowest BCUT2D eigenvalue weighted by molar-refractivity contribution is -0.217. The van der Waals surface area contributed by atoms with Crippen molar-refractivity contribution >= 4 is 11.9 Å². The highest BCUT2D eigenvalue weighted by molar-refractivity contribution is 5.83. The molecule has 1 fully saturated rings. The van der Waals surface area contributed by atoms with E-state index in [4.69, 9.17) is 14.2 Å². The van der Waals surface area contributed by atoms with Crippen LogP contribution in [-0.4, -0.2) is 24.0 Å². The van der Waals surface area contributed by atoms with E-state index in [0.29, 0.717) is 6.42 Å². The van der Waals surface area contributed by atoms with Crippen molar-refractivity contribution in [2.24, 2.45) is 0 Å². The fraction of sp³-hybridized carbons (Fsp3) is 0.400. The average Bonchev–Trinajstić information content (AvgIpc) is 2.90. The maximum Gasteiger partial charge on any atom is 0.405 e. The predicted octanol–water partition coefficient (Wildman–Crippen LogP) is 0.907. The fourth-order valence-electron chi connectivity index (χ4n) is 1.06. The fourth-order valence-corrected chi connectivity index (χ4v) is 1.06. The minimum absolute atomic E-state index is 0.426. The minimum Gasteiger partial charge on any atom is -0.393 e. The largest absolute Gasteiger partial charge is 0.405 e. The van der Waals surface area contributed by atoms with E-state index in [9.17, 15) is 9.59 Å². The van der Waals surface area contributed by atoms with E-state index in [2.05, 4.69) is 13.2 Å². The summed E-state index contributed by atoms with van der Waals surface area (Å²) in [5.74, 6) is -2.99. The van der Waals surface area contributed by atoms with Crippen LogP contribution in [-0.2, 0) is 23.8 Å². The maximum absolute atomic E-state index is 11.0. The highest BCUT2D eigenvalue weighted by Crippen LogP contribution is 2.41. The van der Waals surface area contributed by atoms with Crippen LogP contribution in [0.1, 0.15) is 13.3 Å². The quantitative estimate of drug-likeness (QED) is 0.293. The molecular formula is C10H12O5. The van der Waals surface area contributed by atoms with Gasteiger partial charge in [-0.1, -0.05) is 20.1 Å². The van der Waals surface area contributed by atoms with Crippen molar-refractivity contribution in [1.29, 1.82) is 0 Å². The lowest BCUT2D eigenvalue weighted by Gasteiger charge is -2.11. The molecule has 82 valence electrons. The van der Waals surface area contributed by atoms with Gasteiger partial charge in [0, 0.05) is 12.2 Å². The predicted molar refractivity (Wildman–Crippen MR) is 50.5 cm³/mol. The Morgan fingerprint density at radius 2 is 1.80 bits per heavy atom. The summed E-state index contributed by atoms with van der Waals surface area (Å²) in [7, 11) is 0. The summed E-state index contributed by atoms with van der Waals surface area (Å²) < 4.78 is 14.6. The molecule has 1 aliphatic rings. The average molecular weight is 212 g/mol. The van der Waals surface area contributed by atoms with Crippen LogP contribution in [0, 0.1) is 0 Å². The Morgan fingerprint density at radius 3 is 2.07 bits per heavy atom. The molecule has 0 aromatic heterocycles. The van der Waals surface area contributed by atoms with E-state index in [-0.39, 0.29) is 0 Å². The molecule has 15 heavy (non-hydrogen) atoms. The van der Waals surface area contributed by atoms with Gasteiger partial charge in [0.05, 0.1) is 0 Å². The van der Waals surface area contributed by atoms with Crippen molar-refractivity contribution in [3.8, 4) is 0 Å². The Hall–Kier alpha value is -1.62. The molecule has 5 nitrogen and oxygen atoms in total. The monoisotopic (exact) mass is 212 g/mol. The molecule has 0 radical (unpaired) electrons. The lowest BCUT2D eigenvalue weighted by Crippen LogP contribution is -2.29. The third-order valence-corrected chi connectivity index (χ3v) is 1.83. The van der Waals surface area contributed by atoms with Crippen molar-refractivity contribution in [2.75, 3.05) is 0 Å². The summed E-state index contributed by atoms with van der Waals surface area (Å²) in [5, 5.41) is 0. The minimum atomic E-state index is -1.58. The van der Waals surface area contributed by atoms with Gasteiger partial charge in [-0.25, -0.2) is 9.59 Å². The zero-order valence-electron chi connectivity index (χ0n) is 8.39. The highest BCUT2D eigenvalue weighted by atomic mass is 17.0. The molecule has 1 saturated heterocycles. The molecule has 1 rings (SSSR count). The molecule has 0 N–H and O–H groups in total. The second kappa shape index (κ2) is 4.27. The number of hydrogen-bond acceptors (Lipinski definition) is 5. The third kappa shape index (κ3) is 2.44. The molecule has 1 aliphatic heterocycles. The van der Waals surface area contributed by atoms with Crippen molar-refractivity contribution in [1.82, 2.24) is 0 Å². The van der Waals surface area contributed by atoms with Crippen LogP contribution in [0.2, 0.25) is 0 Å². The molecule has 0 spiro atoms. The van der Waals surface area contributed by atoms with Gasteiger partial charge in [-0.05, 0) is 6.42 Å². The Balaban J connectivity index is 2.65. The third-order valence-electron chi connectivity index (χ3n) is 1.83. The molecule has 1 unspecified atom stereocenters. The zero-order valence-corrected chi connectivity index (χ0v) is 8.39. The van der Waals surface area contributed by atoms with Crippen LogP contribution in [0.4, 0.5) is 0 Å². The van der Waals surface area contributed by atoms with Crippen molar-refractivity contribution in [2.45, 2.75) is 25.4 Å². The number of carbonyl (C=O) groups excluding carboxylic acids is 2.